The lowest BCUT2D eigenvalue weighted by atomic mass is 10.7. The topological polar surface area (TPSA) is 66.2 Å². The Kier molecular flexibility index (Phi) is 4.80. The van der Waals surface area contributed by atoms with Gasteiger partial charge in [-0.2, -0.15) is 0 Å². The number of hydrogen-bond donors (Lipinski definition) is 2. The van der Waals surface area contributed by atoms with Gasteiger partial charge in [-0.05, 0) is 6.07 Å². The highest BCUT2D eigenvalue weighted by Crippen LogP contribution is 2.40. The normalized spacial score (nSPS) is 11.4. The molecule has 0 aliphatic rings. The highest BCUT2D eigenvalue weighted by molar-refractivity contribution is 8.23. The Hall–Kier alpha value is -0.650. The van der Waals surface area contributed by atoms with Crippen molar-refractivity contribution in [3.63, 3.8) is 0 Å². The summed E-state index contributed by atoms with van der Waals surface area (Å²) in [6.45, 7) is 4.00. The minimum absolute atomic E-state index is 0.0926. The average Bonchev–Trinajstić information content (AvgIpc) is 2.08. The van der Waals surface area contributed by atoms with Crippen LogP contribution in [0.3, 0.4) is 0 Å². The minimum atomic E-state index is -2.73. The van der Waals surface area contributed by atoms with Crippen molar-refractivity contribution in [3.05, 3.63) is 18.5 Å². The molecule has 0 saturated carbocycles. The van der Waals surface area contributed by atoms with Crippen molar-refractivity contribution in [1.82, 2.24) is 9.97 Å². The fraction of sp³-hybridized carbons (Fsp3) is 0.429. The van der Waals surface area contributed by atoms with Crippen LogP contribution in [-0.4, -0.2) is 25.3 Å². The molecule has 70 valence electrons. The van der Waals surface area contributed by atoms with Crippen LogP contribution in [0.1, 0.15) is 13.8 Å². The van der Waals surface area contributed by atoms with Crippen LogP contribution >= 0.6 is 10.6 Å². The SMILES string of the molecule is CC.CS(O)(O)c1ncccn1. The van der Waals surface area contributed by atoms with Crippen molar-refractivity contribution in [1.29, 1.82) is 0 Å². The second kappa shape index (κ2) is 5.08. The molecule has 0 saturated heterocycles. The highest BCUT2D eigenvalue weighted by Gasteiger charge is 2.09. The zero-order valence-corrected chi connectivity index (χ0v) is 8.25. The Morgan fingerprint density at radius 2 is 1.58 bits per heavy atom. The van der Waals surface area contributed by atoms with Gasteiger partial charge in [0.05, 0.1) is 0 Å². The molecule has 5 heteroatoms. The van der Waals surface area contributed by atoms with Crippen molar-refractivity contribution in [2.24, 2.45) is 0 Å². The van der Waals surface area contributed by atoms with E-state index in [1.54, 1.807) is 6.07 Å². The van der Waals surface area contributed by atoms with E-state index in [1.807, 2.05) is 13.8 Å². The van der Waals surface area contributed by atoms with E-state index in [-0.39, 0.29) is 5.16 Å². The monoisotopic (exact) mass is 190 g/mol. The predicted molar refractivity (Wildman–Crippen MR) is 50.4 cm³/mol. The smallest absolute Gasteiger partial charge is 0.241 e. The molecule has 0 amide bonds. The molecule has 12 heavy (non-hydrogen) atoms. The summed E-state index contributed by atoms with van der Waals surface area (Å²) >= 11 is 0. The summed E-state index contributed by atoms with van der Waals surface area (Å²) in [5, 5.41) is 0.0926. The van der Waals surface area contributed by atoms with Gasteiger partial charge in [-0.3, -0.25) is 9.11 Å². The fourth-order valence-electron chi connectivity index (χ4n) is 0.485. The molecule has 0 atom stereocenters. The van der Waals surface area contributed by atoms with Crippen molar-refractivity contribution < 1.29 is 9.11 Å². The second-order valence-corrected chi connectivity index (χ2v) is 3.90. The number of nitrogens with zero attached hydrogens (tertiary/aromatic N) is 2. The summed E-state index contributed by atoms with van der Waals surface area (Å²) in [6.07, 6.45) is 4.24. The van der Waals surface area contributed by atoms with E-state index in [2.05, 4.69) is 9.97 Å². The van der Waals surface area contributed by atoms with Gasteiger partial charge in [-0.1, -0.05) is 13.8 Å². The van der Waals surface area contributed by atoms with E-state index in [0.29, 0.717) is 0 Å². The third kappa shape index (κ3) is 3.66. The van der Waals surface area contributed by atoms with E-state index in [9.17, 15) is 0 Å². The molecule has 0 aliphatic carbocycles. The quantitative estimate of drug-likeness (QED) is 0.666. The van der Waals surface area contributed by atoms with Crippen LogP contribution in [-0.2, 0) is 0 Å². The molecule has 4 nitrogen and oxygen atoms in total. The first kappa shape index (κ1) is 11.4. The Balaban J connectivity index is 0.000000561. The first-order chi connectivity index (χ1) is 5.61. The zero-order chi connectivity index (χ0) is 9.61. The summed E-state index contributed by atoms with van der Waals surface area (Å²) in [4.78, 5) is 7.35. The van der Waals surface area contributed by atoms with Crippen LogP contribution in [0, 0.1) is 0 Å². The zero-order valence-electron chi connectivity index (χ0n) is 7.43. The fourth-order valence-corrected chi connectivity index (χ4v) is 1.01. The lowest BCUT2D eigenvalue weighted by molar-refractivity contribution is 0.485. The number of aromatic nitrogens is 2. The summed E-state index contributed by atoms with van der Waals surface area (Å²) in [5.74, 6) is 0. The maximum Gasteiger partial charge on any atom is 0.241 e. The van der Waals surface area contributed by atoms with Gasteiger partial charge < -0.3 is 0 Å². The molecular formula is C7H14N2O2S. The van der Waals surface area contributed by atoms with Crippen LogP contribution < -0.4 is 0 Å². The van der Waals surface area contributed by atoms with E-state index in [0.717, 1.165) is 0 Å². The third-order valence-corrected chi connectivity index (χ3v) is 1.79. The van der Waals surface area contributed by atoms with Crippen LogP contribution in [0.25, 0.3) is 0 Å². The van der Waals surface area contributed by atoms with Crippen molar-refractivity contribution in [2.75, 3.05) is 6.26 Å². The lowest BCUT2D eigenvalue weighted by Crippen LogP contribution is -1.99. The van der Waals surface area contributed by atoms with Gasteiger partial charge in [0.25, 0.3) is 0 Å². The van der Waals surface area contributed by atoms with Gasteiger partial charge in [0.2, 0.25) is 5.16 Å². The molecule has 1 rings (SSSR count). The molecule has 0 radical (unpaired) electrons. The Morgan fingerprint density at radius 1 is 1.17 bits per heavy atom. The lowest BCUT2D eigenvalue weighted by Gasteiger charge is -2.23. The molecule has 0 spiro atoms. The van der Waals surface area contributed by atoms with Gasteiger partial charge in [0.15, 0.2) is 0 Å². The average molecular weight is 190 g/mol. The van der Waals surface area contributed by atoms with E-state index < -0.39 is 10.6 Å². The molecule has 1 aromatic rings. The number of hydrogen-bond acceptors (Lipinski definition) is 4. The molecular weight excluding hydrogens is 176 g/mol. The van der Waals surface area contributed by atoms with Crippen LogP contribution in [0.15, 0.2) is 23.6 Å². The third-order valence-electron chi connectivity index (χ3n) is 0.888. The van der Waals surface area contributed by atoms with Gasteiger partial charge in [-0.25, -0.2) is 9.97 Å². The summed E-state index contributed by atoms with van der Waals surface area (Å²) in [7, 11) is -2.73. The van der Waals surface area contributed by atoms with Crippen LogP contribution in [0.4, 0.5) is 0 Å². The molecule has 0 unspecified atom stereocenters. The summed E-state index contributed by atoms with van der Waals surface area (Å²) < 4.78 is 18.0. The maximum absolute atomic E-state index is 9.00. The van der Waals surface area contributed by atoms with E-state index in [4.69, 9.17) is 9.11 Å². The van der Waals surface area contributed by atoms with Gasteiger partial charge in [-0.15, -0.1) is 10.6 Å². The Labute approximate surface area is 74.0 Å². The van der Waals surface area contributed by atoms with Crippen LogP contribution in [0.5, 0.6) is 0 Å². The van der Waals surface area contributed by atoms with Crippen molar-refractivity contribution in [3.8, 4) is 0 Å². The molecule has 0 bridgehead atoms. The van der Waals surface area contributed by atoms with Crippen LogP contribution in [0.2, 0.25) is 0 Å². The van der Waals surface area contributed by atoms with E-state index in [1.165, 1.54) is 18.6 Å². The Bertz CT molecular complexity index is 210. The summed E-state index contributed by atoms with van der Waals surface area (Å²) in [5.41, 5.74) is 0. The first-order valence-electron chi connectivity index (χ1n) is 3.61. The maximum atomic E-state index is 9.00. The molecule has 0 aromatic carbocycles. The van der Waals surface area contributed by atoms with Gasteiger partial charge in [0, 0.05) is 18.6 Å². The van der Waals surface area contributed by atoms with Crippen molar-refractivity contribution >= 4 is 10.6 Å². The minimum Gasteiger partial charge on any atom is -0.292 e. The standard InChI is InChI=1S/C5H8N2O2S.C2H6/c1-10(8,9)5-6-3-2-4-7-5;1-2/h2-4,8-9H,1H3;1-2H3. The highest BCUT2D eigenvalue weighted by atomic mass is 32.3. The Morgan fingerprint density at radius 3 is 1.83 bits per heavy atom. The van der Waals surface area contributed by atoms with Gasteiger partial charge in [0.1, 0.15) is 0 Å². The molecule has 0 aliphatic heterocycles. The predicted octanol–water partition coefficient (Wildman–Crippen LogP) is 2.24. The number of rotatable bonds is 1. The molecule has 0 fully saturated rings. The first-order valence-corrected chi connectivity index (χ1v) is 5.56. The largest absolute Gasteiger partial charge is 0.292 e. The summed E-state index contributed by atoms with van der Waals surface area (Å²) in [6, 6.07) is 1.62. The van der Waals surface area contributed by atoms with E-state index >= 15 is 0 Å². The molecule has 2 N–H and O–H groups in total. The van der Waals surface area contributed by atoms with Crippen molar-refractivity contribution in [2.45, 2.75) is 19.0 Å². The van der Waals surface area contributed by atoms with Gasteiger partial charge >= 0.3 is 0 Å². The molecule has 1 heterocycles. The second-order valence-electron chi connectivity index (χ2n) is 1.86. The molecule has 1 aromatic heterocycles.